The highest BCUT2D eigenvalue weighted by Crippen LogP contribution is 2.37. The van der Waals surface area contributed by atoms with Gasteiger partial charge in [-0.05, 0) is 49.4 Å². The fourth-order valence-corrected chi connectivity index (χ4v) is 3.15. The van der Waals surface area contributed by atoms with Crippen molar-refractivity contribution in [2.75, 3.05) is 6.54 Å². The predicted octanol–water partition coefficient (Wildman–Crippen LogP) is 3.59. The van der Waals surface area contributed by atoms with Gasteiger partial charge in [0.1, 0.15) is 11.5 Å². The van der Waals surface area contributed by atoms with Crippen LogP contribution in [0.4, 0.5) is 0 Å². The van der Waals surface area contributed by atoms with E-state index in [0.717, 1.165) is 31.4 Å². The molecule has 0 atom stereocenters. The summed E-state index contributed by atoms with van der Waals surface area (Å²) in [5, 5.41) is 3.69. The Morgan fingerprint density at radius 1 is 1.30 bits per heavy atom. The summed E-state index contributed by atoms with van der Waals surface area (Å²) in [7, 11) is 0. The highest BCUT2D eigenvalue weighted by molar-refractivity contribution is 5.79. The van der Waals surface area contributed by atoms with Crippen LogP contribution in [0.2, 0.25) is 0 Å². The van der Waals surface area contributed by atoms with Gasteiger partial charge in [0.25, 0.3) is 0 Å². The van der Waals surface area contributed by atoms with Gasteiger partial charge in [0, 0.05) is 25.3 Å². The molecule has 2 rings (SSSR count). The molecule has 1 fully saturated rings. The van der Waals surface area contributed by atoms with Crippen molar-refractivity contribution in [1.29, 1.82) is 0 Å². The summed E-state index contributed by atoms with van der Waals surface area (Å²) in [6.45, 7) is 6.74. The smallest absolute Gasteiger partial charge is 0.308 e. The largest absolute Gasteiger partial charge is 0.427 e. The molecule has 0 spiro atoms. The molecule has 0 radical (unpaired) electrons. The molecule has 1 N–H and O–H groups in total. The van der Waals surface area contributed by atoms with E-state index in [0.29, 0.717) is 30.3 Å². The Balaban J connectivity index is 2.22. The fourth-order valence-electron chi connectivity index (χ4n) is 3.15. The molecule has 0 aliphatic heterocycles. The number of carbonyl (C=O) groups is 2. The van der Waals surface area contributed by atoms with Gasteiger partial charge in [-0.25, -0.2) is 0 Å². The van der Waals surface area contributed by atoms with E-state index in [1.54, 1.807) is 6.07 Å². The van der Waals surface area contributed by atoms with E-state index < -0.39 is 0 Å². The van der Waals surface area contributed by atoms with Crippen molar-refractivity contribution in [2.45, 2.75) is 58.4 Å². The van der Waals surface area contributed by atoms with Crippen LogP contribution in [0.1, 0.15) is 58.4 Å². The van der Waals surface area contributed by atoms with Crippen LogP contribution in [-0.4, -0.2) is 18.3 Å². The third-order valence-corrected chi connectivity index (χ3v) is 4.49. The number of esters is 1. The zero-order valence-corrected chi connectivity index (χ0v) is 14.4. The summed E-state index contributed by atoms with van der Waals surface area (Å²) in [4.78, 5) is 22.9. The van der Waals surface area contributed by atoms with Gasteiger partial charge in [-0.2, -0.15) is 0 Å². The van der Waals surface area contributed by atoms with Gasteiger partial charge in [0.15, 0.2) is 0 Å². The van der Waals surface area contributed by atoms with Gasteiger partial charge in [-0.15, -0.1) is 0 Å². The Morgan fingerprint density at radius 3 is 2.61 bits per heavy atom. The topological polar surface area (TPSA) is 55.4 Å². The number of carbonyl (C=O) groups excluding carboxylic acids is 2. The Bertz CT molecular complexity index is 555. The molecule has 23 heavy (non-hydrogen) atoms. The first kappa shape index (κ1) is 17.7. The molecule has 0 amide bonds. The minimum Gasteiger partial charge on any atom is -0.427 e. The molecule has 126 valence electrons. The first-order valence-corrected chi connectivity index (χ1v) is 8.47. The highest BCUT2D eigenvalue weighted by Gasteiger charge is 2.36. The van der Waals surface area contributed by atoms with Crippen molar-refractivity contribution in [1.82, 2.24) is 5.32 Å². The predicted molar refractivity (Wildman–Crippen MR) is 90.4 cm³/mol. The van der Waals surface area contributed by atoms with E-state index in [-0.39, 0.29) is 11.5 Å². The quantitative estimate of drug-likeness (QED) is 0.643. The molecule has 0 aromatic heterocycles. The van der Waals surface area contributed by atoms with Crippen LogP contribution in [0.15, 0.2) is 24.3 Å². The summed E-state index contributed by atoms with van der Waals surface area (Å²) < 4.78 is 5.22. The average Bonchev–Trinajstić information content (AvgIpc) is 2.49. The van der Waals surface area contributed by atoms with Gasteiger partial charge in [-0.1, -0.05) is 26.0 Å². The zero-order chi connectivity index (χ0) is 16.9. The second-order valence-corrected chi connectivity index (χ2v) is 6.85. The van der Waals surface area contributed by atoms with E-state index in [9.17, 15) is 9.59 Å². The normalized spacial score (nSPS) is 17.3. The molecule has 0 unspecified atom stereocenters. The standard InChI is InChI=1S/C19H27NO3/c1-14(2)9-12-20-19(10-7-17(22)8-11-19)16-5-4-6-18(13-16)23-15(3)21/h4-6,13-14,20H,7-12H2,1-3H3. The monoisotopic (exact) mass is 317 g/mol. The maximum Gasteiger partial charge on any atom is 0.308 e. The van der Waals surface area contributed by atoms with Crippen LogP contribution in [-0.2, 0) is 15.1 Å². The second kappa shape index (κ2) is 7.73. The lowest BCUT2D eigenvalue weighted by Gasteiger charge is -2.39. The lowest BCUT2D eigenvalue weighted by atomic mass is 9.76. The first-order valence-electron chi connectivity index (χ1n) is 8.47. The molecule has 4 nitrogen and oxygen atoms in total. The Morgan fingerprint density at radius 2 is 2.00 bits per heavy atom. The second-order valence-electron chi connectivity index (χ2n) is 6.85. The lowest BCUT2D eigenvalue weighted by molar-refractivity contribution is -0.131. The Labute approximate surface area is 138 Å². The van der Waals surface area contributed by atoms with Crippen molar-refractivity contribution < 1.29 is 14.3 Å². The molecule has 4 heteroatoms. The number of Topliss-reactive ketones (excluding diaryl/α,β-unsaturated/α-hetero) is 1. The molecule has 0 heterocycles. The van der Waals surface area contributed by atoms with E-state index in [1.165, 1.54) is 6.92 Å². The molecule has 1 aliphatic carbocycles. The highest BCUT2D eigenvalue weighted by atomic mass is 16.5. The minimum absolute atomic E-state index is 0.195. The molecule has 1 aromatic rings. The maximum atomic E-state index is 11.7. The molecular formula is C19H27NO3. The Hall–Kier alpha value is -1.68. The first-order chi connectivity index (χ1) is 10.9. The molecular weight excluding hydrogens is 290 g/mol. The van der Waals surface area contributed by atoms with Gasteiger partial charge in [0.2, 0.25) is 0 Å². The van der Waals surface area contributed by atoms with E-state index in [1.807, 2.05) is 12.1 Å². The number of ether oxygens (including phenoxy) is 1. The van der Waals surface area contributed by atoms with Gasteiger partial charge in [0.05, 0.1) is 0 Å². The van der Waals surface area contributed by atoms with Crippen LogP contribution in [0.5, 0.6) is 5.75 Å². The summed E-state index contributed by atoms with van der Waals surface area (Å²) in [5.74, 6) is 1.22. The number of ketones is 1. The third-order valence-electron chi connectivity index (χ3n) is 4.49. The van der Waals surface area contributed by atoms with E-state index in [4.69, 9.17) is 4.74 Å². The molecule has 1 saturated carbocycles. The van der Waals surface area contributed by atoms with Crippen molar-refractivity contribution in [3.63, 3.8) is 0 Å². The summed E-state index contributed by atoms with van der Waals surface area (Å²) in [6, 6.07) is 7.70. The van der Waals surface area contributed by atoms with Crippen molar-refractivity contribution in [3.05, 3.63) is 29.8 Å². The van der Waals surface area contributed by atoms with Gasteiger partial charge < -0.3 is 10.1 Å². The number of nitrogens with one attached hydrogen (secondary N) is 1. The maximum absolute atomic E-state index is 11.7. The van der Waals surface area contributed by atoms with Crippen molar-refractivity contribution in [3.8, 4) is 5.75 Å². The van der Waals surface area contributed by atoms with E-state index >= 15 is 0 Å². The lowest BCUT2D eigenvalue weighted by Crippen LogP contribution is -2.46. The zero-order valence-electron chi connectivity index (χ0n) is 14.4. The van der Waals surface area contributed by atoms with Crippen LogP contribution in [0.25, 0.3) is 0 Å². The number of hydrogen-bond donors (Lipinski definition) is 1. The summed E-state index contributed by atoms with van der Waals surface area (Å²) in [5.41, 5.74) is 0.909. The van der Waals surface area contributed by atoms with Crippen LogP contribution in [0, 0.1) is 5.92 Å². The fraction of sp³-hybridized carbons (Fsp3) is 0.579. The van der Waals surface area contributed by atoms with Crippen molar-refractivity contribution in [2.24, 2.45) is 5.92 Å². The number of rotatable bonds is 6. The minimum atomic E-state index is -0.317. The third kappa shape index (κ3) is 4.90. The number of benzene rings is 1. The van der Waals surface area contributed by atoms with E-state index in [2.05, 4.69) is 25.2 Å². The van der Waals surface area contributed by atoms with Crippen LogP contribution >= 0.6 is 0 Å². The molecule has 0 saturated heterocycles. The number of hydrogen-bond acceptors (Lipinski definition) is 4. The van der Waals surface area contributed by atoms with Gasteiger partial charge >= 0.3 is 5.97 Å². The van der Waals surface area contributed by atoms with Crippen LogP contribution in [0.3, 0.4) is 0 Å². The molecule has 1 aromatic carbocycles. The van der Waals surface area contributed by atoms with Crippen LogP contribution < -0.4 is 10.1 Å². The average molecular weight is 317 g/mol. The Kier molecular flexibility index (Phi) is 5.94. The summed E-state index contributed by atoms with van der Waals surface area (Å²) >= 11 is 0. The summed E-state index contributed by atoms with van der Waals surface area (Å²) in [6.07, 6.45) is 3.90. The van der Waals surface area contributed by atoms with Crippen molar-refractivity contribution >= 4 is 11.8 Å². The SMILES string of the molecule is CC(=O)Oc1cccc(C2(NCCC(C)C)CCC(=O)CC2)c1. The molecule has 0 bridgehead atoms. The molecule has 1 aliphatic rings. The van der Waals surface area contributed by atoms with Gasteiger partial charge in [-0.3, -0.25) is 9.59 Å².